The van der Waals surface area contributed by atoms with E-state index in [1.165, 1.54) is 12.1 Å². The summed E-state index contributed by atoms with van der Waals surface area (Å²) in [4.78, 5) is 16.7. The van der Waals surface area contributed by atoms with Crippen molar-refractivity contribution >= 4 is 22.5 Å². The molecule has 0 radical (unpaired) electrons. The van der Waals surface area contributed by atoms with Crippen LogP contribution in [0.5, 0.6) is 5.75 Å². The number of carbonyl (C=O) groups excluding carboxylic acids is 1. The summed E-state index contributed by atoms with van der Waals surface area (Å²) in [6.07, 6.45) is 0.875. The lowest BCUT2D eigenvalue weighted by atomic mass is 10.1. The van der Waals surface area contributed by atoms with Gasteiger partial charge in [-0.15, -0.1) is 0 Å². The Hall–Kier alpha value is -2.95. The van der Waals surface area contributed by atoms with Crippen LogP contribution in [0.3, 0.4) is 0 Å². The number of nitrogens with zero attached hydrogens (tertiary/aromatic N) is 1. The van der Waals surface area contributed by atoms with Crippen molar-refractivity contribution in [3.05, 3.63) is 66.1 Å². The minimum Gasteiger partial charge on any atom is -0.478 e. The highest BCUT2D eigenvalue weighted by atomic mass is 19.1. The van der Waals surface area contributed by atoms with Gasteiger partial charge in [0.2, 0.25) is 0 Å². The Kier molecular flexibility index (Phi) is 4.42. The molecule has 1 aromatic heterocycles. The van der Waals surface area contributed by atoms with Crippen LogP contribution >= 0.6 is 0 Å². The second-order valence-electron chi connectivity index (χ2n) is 5.51. The molecule has 0 fully saturated rings. The maximum atomic E-state index is 13.6. The normalized spacial score (nSPS) is 12.0. The third-order valence-electron chi connectivity index (χ3n) is 3.74. The summed E-state index contributed by atoms with van der Waals surface area (Å²) in [6, 6.07) is 13.4. The summed E-state index contributed by atoms with van der Waals surface area (Å²) in [5.41, 5.74) is 2.51. The molecule has 0 unspecified atom stereocenters. The lowest BCUT2D eigenvalue weighted by Gasteiger charge is -2.16. The number of carbonyl (C=O) groups is 1. The number of rotatable bonds is 4. The first-order valence-corrected chi connectivity index (χ1v) is 7.62. The molecule has 1 N–H and O–H groups in total. The molecule has 0 saturated carbocycles. The van der Waals surface area contributed by atoms with E-state index >= 15 is 0 Å². The standard InChI is InChI=1S/C19H17FN2O2/c1-12-9-10-16(14-6-5-11-21-18(12)14)22-19(23)13(2)24-17-8-4-3-7-15(17)20/h3-11,13H,1-2H3,(H,22,23)/t13-/m0/s1. The molecule has 3 rings (SSSR count). The van der Waals surface area contributed by atoms with Crippen molar-refractivity contribution in [3.63, 3.8) is 0 Å². The van der Waals surface area contributed by atoms with Gasteiger partial charge in [-0.1, -0.05) is 18.2 Å². The molecule has 122 valence electrons. The predicted octanol–water partition coefficient (Wildman–Crippen LogP) is 4.09. The van der Waals surface area contributed by atoms with Crippen LogP contribution in [0, 0.1) is 12.7 Å². The lowest BCUT2D eigenvalue weighted by Crippen LogP contribution is -2.30. The molecule has 2 aromatic carbocycles. The highest BCUT2D eigenvalue weighted by Crippen LogP contribution is 2.25. The van der Waals surface area contributed by atoms with Crippen LogP contribution in [0.4, 0.5) is 10.1 Å². The molecular formula is C19H17FN2O2. The Balaban J connectivity index is 1.80. The number of benzene rings is 2. The fourth-order valence-electron chi connectivity index (χ4n) is 2.44. The predicted molar refractivity (Wildman–Crippen MR) is 91.6 cm³/mol. The van der Waals surface area contributed by atoms with Gasteiger partial charge in [-0.2, -0.15) is 0 Å². The molecular weight excluding hydrogens is 307 g/mol. The number of ether oxygens (including phenoxy) is 1. The van der Waals surface area contributed by atoms with Crippen molar-refractivity contribution in [1.29, 1.82) is 0 Å². The Bertz CT molecular complexity index is 895. The zero-order valence-electron chi connectivity index (χ0n) is 13.4. The molecule has 1 atom stereocenters. The zero-order chi connectivity index (χ0) is 17.1. The molecule has 0 spiro atoms. The fourth-order valence-corrected chi connectivity index (χ4v) is 2.44. The van der Waals surface area contributed by atoms with Crippen LogP contribution in [0.25, 0.3) is 10.9 Å². The number of hydrogen-bond donors (Lipinski definition) is 1. The lowest BCUT2D eigenvalue weighted by molar-refractivity contribution is -0.122. The van der Waals surface area contributed by atoms with Crippen molar-refractivity contribution < 1.29 is 13.9 Å². The van der Waals surface area contributed by atoms with E-state index in [1.807, 2.05) is 31.2 Å². The van der Waals surface area contributed by atoms with Crippen molar-refractivity contribution in [2.75, 3.05) is 5.32 Å². The van der Waals surface area contributed by atoms with Gasteiger partial charge in [-0.25, -0.2) is 4.39 Å². The third-order valence-corrected chi connectivity index (χ3v) is 3.74. The van der Waals surface area contributed by atoms with E-state index in [4.69, 9.17) is 4.74 Å². The van der Waals surface area contributed by atoms with Gasteiger partial charge in [0.05, 0.1) is 11.2 Å². The fraction of sp³-hybridized carbons (Fsp3) is 0.158. The first kappa shape index (κ1) is 15.9. The Morgan fingerprint density at radius 3 is 2.75 bits per heavy atom. The highest BCUT2D eigenvalue weighted by molar-refractivity contribution is 6.03. The summed E-state index contributed by atoms with van der Waals surface area (Å²) in [5, 5.41) is 3.68. The van der Waals surface area contributed by atoms with Crippen molar-refractivity contribution in [2.45, 2.75) is 20.0 Å². The number of hydrogen-bond acceptors (Lipinski definition) is 3. The smallest absolute Gasteiger partial charge is 0.265 e. The first-order chi connectivity index (χ1) is 11.6. The molecule has 3 aromatic rings. The summed E-state index contributed by atoms with van der Waals surface area (Å²) in [6.45, 7) is 3.54. The Morgan fingerprint density at radius 2 is 1.96 bits per heavy atom. The highest BCUT2D eigenvalue weighted by Gasteiger charge is 2.17. The number of nitrogens with one attached hydrogen (secondary N) is 1. The number of aromatic nitrogens is 1. The maximum absolute atomic E-state index is 13.6. The summed E-state index contributed by atoms with van der Waals surface area (Å²) in [5.74, 6) is -0.801. The van der Waals surface area contributed by atoms with Crippen LogP contribution in [-0.2, 0) is 4.79 Å². The maximum Gasteiger partial charge on any atom is 0.265 e. The second kappa shape index (κ2) is 6.66. The van der Waals surface area contributed by atoms with Crippen molar-refractivity contribution in [3.8, 4) is 5.75 Å². The topological polar surface area (TPSA) is 51.2 Å². The van der Waals surface area contributed by atoms with Crippen LogP contribution in [0.1, 0.15) is 12.5 Å². The van der Waals surface area contributed by atoms with Gasteiger partial charge < -0.3 is 10.1 Å². The number of halogens is 1. The Morgan fingerprint density at radius 1 is 1.17 bits per heavy atom. The molecule has 0 aliphatic rings. The van der Waals surface area contributed by atoms with Gasteiger partial charge in [0, 0.05) is 11.6 Å². The Labute approximate surface area is 139 Å². The molecule has 0 aliphatic heterocycles. The number of pyridine rings is 1. The van der Waals surface area contributed by atoms with Crippen LogP contribution < -0.4 is 10.1 Å². The average Bonchev–Trinajstić information content (AvgIpc) is 2.59. The average molecular weight is 324 g/mol. The second-order valence-corrected chi connectivity index (χ2v) is 5.51. The van der Waals surface area contributed by atoms with Crippen molar-refractivity contribution in [1.82, 2.24) is 4.98 Å². The SMILES string of the molecule is Cc1ccc(NC(=O)[C@H](C)Oc2ccccc2F)c2cccnc12. The van der Waals surface area contributed by atoms with E-state index in [-0.39, 0.29) is 11.7 Å². The summed E-state index contributed by atoms with van der Waals surface area (Å²) >= 11 is 0. The van der Waals surface area contributed by atoms with Gasteiger partial charge in [0.15, 0.2) is 17.7 Å². The number of anilines is 1. The van der Waals surface area contributed by atoms with E-state index in [2.05, 4.69) is 10.3 Å². The number of aryl methyl sites for hydroxylation is 1. The summed E-state index contributed by atoms with van der Waals surface area (Å²) in [7, 11) is 0. The largest absolute Gasteiger partial charge is 0.478 e. The summed E-state index contributed by atoms with van der Waals surface area (Å²) < 4.78 is 19.0. The van der Waals surface area contributed by atoms with Gasteiger partial charge in [-0.3, -0.25) is 9.78 Å². The molecule has 5 heteroatoms. The van der Waals surface area contributed by atoms with Gasteiger partial charge in [0.25, 0.3) is 5.91 Å². The monoisotopic (exact) mass is 324 g/mol. The molecule has 1 amide bonds. The number of para-hydroxylation sites is 1. The quantitative estimate of drug-likeness (QED) is 0.786. The van der Waals surface area contributed by atoms with E-state index in [0.29, 0.717) is 5.69 Å². The minimum atomic E-state index is -0.838. The number of fused-ring (bicyclic) bond motifs is 1. The van der Waals surface area contributed by atoms with Crippen LogP contribution in [0.2, 0.25) is 0 Å². The van der Waals surface area contributed by atoms with E-state index in [1.54, 1.807) is 25.3 Å². The zero-order valence-corrected chi connectivity index (χ0v) is 13.4. The minimum absolute atomic E-state index is 0.0515. The van der Waals surface area contributed by atoms with Crippen molar-refractivity contribution in [2.24, 2.45) is 0 Å². The molecule has 0 bridgehead atoms. The molecule has 0 saturated heterocycles. The number of amides is 1. The third kappa shape index (κ3) is 3.20. The van der Waals surface area contributed by atoms with E-state index < -0.39 is 11.9 Å². The van der Waals surface area contributed by atoms with Gasteiger partial charge in [-0.05, 0) is 49.7 Å². The molecule has 1 heterocycles. The van der Waals surface area contributed by atoms with E-state index in [0.717, 1.165) is 16.5 Å². The van der Waals surface area contributed by atoms with Crippen LogP contribution in [0.15, 0.2) is 54.7 Å². The molecule has 4 nitrogen and oxygen atoms in total. The van der Waals surface area contributed by atoms with Crippen LogP contribution in [-0.4, -0.2) is 17.0 Å². The van der Waals surface area contributed by atoms with E-state index in [9.17, 15) is 9.18 Å². The molecule has 24 heavy (non-hydrogen) atoms. The first-order valence-electron chi connectivity index (χ1n) is 7.62. The van der Waals surface area contributed by atoms with Gasteiger partial charge >= 0.3 is 0 Å². The molecule has 0 aliphatic carbocycles. The van der Waals surface area contributed by atoms with Gasteiger partial charge in [0.1, 0.15) is 0 Å².